The van der Waals surface area contributed by atoms with Gasteiger partial charge in [0.1, 0.15) is 50.4 Å². The molecule has 0 aromatic rings. The number of hydrogen-bond acceptors (Lipinski definition) is 8. The highest BCUT2D eigenvalue weighted by Crippen LogP contribution is 2.70. The molecule has 8 unspecified atom stereocenters. The number of unbranched alkanes of at least 4 members (excludes halogenated alkanes) is 1. The SMILES string of the molecule is C=[P+](C)CC(NC(=O)CNC(=O)CNC(=O)CSC([P+](=C)C)([P+](=C)C)[P+](=C)C)C(=O)NC(C[P+](=C)C)C(=O)NC(CCCCN)C(=O)O. The topological polar surface area (TPSA) is 209 Å². The minimum absolute atomic E-state index is 0.125. The number of thioether (sulfide) groups is 1. The lowest BCUT2D eigenvalue weighted by Crippen LogP contribution is -2.57. The molecule has 0 saturated carbocycles. The van der Waals surface area contributed by atoms with Crippen molar-refractivity contribution in [3.8, 4) is 0 Å². The molecule has 0 saturated heterocycles. The van der Waals surface area contributed by atoms with Gasteiger partial charge in [-0.25, -0.2) is 4.79 Å². The second kappa shape index (κ2) is 23.4. The van der Waals surface area contributed by atoms with Crippen LogP contribution in [-0.2, 0) is 28.8 Å². The van der Waals surface area contributed by atoms with Gasteiger partial charge in [0.2, 0.25) is 29.5 Å². The van der Waals surface area contributed by atoms with E-state index in [0.29, 0.717) is 19.4 Å². The summed E-state index contributed by atoms with van der Waals surface area (Å²) in [6.07, 6.45) is 22.3. The molecule has 0 spiro atoms. The van der Waals surface area contributed by atoms with E-state index in [1.807, 2.05) is 13.3 Å². The maximum absolute atomic E-state index is 13.3. The van der Waals surface area contributed by atoms with Gasteiger partial charge in [-0.1, -0.05) is 0 Å². The summed E-state index contributed by atoms with van der Waals surface area (Å²) in [6, 6.07) is -3.28. The molecule has 268 valence electrons. The zero-order valence-electron chi connectivity index (χ0n) is 28.7. The van der Waals surface area contributed by atoms with Gasteiger partial charge in [0.05, 0.1) is 78.8 Å². The molecular formula is C29H54N6O7P5S+5. The fraction of sp³-hybridized carbons (Fsp3) is 0.621. The van der Waals surface area contributed by atoms with E-state index in [1.54, 1.807) is 0 Å². The highest BCUT2D eigenvalue weighted by atomic mass is 32.2. The van der Waals surface area contributed by atoms with Crippen LogP contribution >= 0.6 is 49.5 Å². The van der Waals surface area contributed by atoms with Crippen molar-refractivity contribution in [2.75, 3.05) is 71.0 Å². The fourth-order valence-corrected chi connectivity index (χ4v) is 16.8. The van der Waals surface area contributed by atoms with Crippen LogP contribution in [0.3, 0.4) is 0 Å². The molecular weight excluding hydrogens is 731 g/mol. The highest BCUT2D eigenvalue weighted by Gasteiger charge is 2.60. The summed E-state index contributed by atoms with van der Waals surface area (Å²) in [5.41, 5.74) is 5.49. The van der Waals surface area contributed by atoms with Crippen LogP contribution in [0.15, 0.2) is 0 Å². The van der Waals surface area contributed by atoms with Crippen LogP contribution in [0, 0.1) is 0 Å². The number of carboxylic acids is 1. The van der Waals surface area contributed by atoms with Gasteiger partial charge in [0.15, 0.2) is 22.6 Å². The number of carboxylic acid groups (broad SMARTS) is 1. The van der Waals surface area contributed by atoms with E-state index in [-0.39, 0.29) is 40.9 Å². The fourth-order valence-electron chi connectivity index (χ4n) is 4.39. The molecule has 8 atom stereocenters. The number of hydrogen-bond donors (Lipinski definition) is 7. The third kappa shape index (κ3) is 17.1. The number of aliphatic carboxylic acids is 1. The standard InChI is InChI=1S/C29H49N6O7P5S/c1-43(2)17-21(26(39)35-22(18-44(3)4)27(40)34-20(28(41)42)13-11-12-14-30)33-24(37)16-31-23(36)15-32-25(38)19-48-29(45(5)6,46(7)8)47(9)10/h20-22H,1,3,5,7,9,11-19,30H2,2,4,6,8,10H3,(H-5,31,32,33,34,35,36,37,38,39,40,41,42)/p+5. The molecule has 0 aromatic heterocycles. The van der Waals surface area contributed by atoms with E-state index >= 15 is 0 Å². The van der Waals surface area contributed by atoms with Crippen molar-refractivity contribution in [3.63, 3.8) is 0 Å². The van der Waals surface area contributed by atoms with Crippen molar-refractivity contribution in [1.29, 1.82) is 0 Å². The second-order valence-electron chi connectivity index (χ2n) is 11.5. The van der Waals surface area contributed by atoms with E-state index in [9.17, 15) is 33.9 Å². The van der Waals surface area contributed by atoms with E-state index < -0.39 is 92.0 Å². The minimum atomic E-state index is -1.20. The number of rotatable bonds is 24. The van der Waals surface area contributed by atoms with Crippen LogP contribution in [0.5, 0.6) is 0 Å². The van der Waals surface area contributed by atoms with Crippen molar-refractivity contribution in [2.45, 2.75) is 41.4 Å². The van der Waals surface area contributed by atoms with Crippen molar-refractivity contribution < 1.29 is 33.9 Å². The van der Waals surface area contributed by atoms with Crippen LogP contribution in [0.4, 0.5) is 0 Å². The summed E-state index contributed by atoms with van der Waals surface area (Å²) in [6.45, 7) is 9.41. The first-order valence-electron chi connectivity index (χ1n) is 14.9. The highest BCUT2D eigenvalue weighted by molar-refractivity contribution is 8.22. The molecule has 0 radical (unpaired) electrons. The lowest BCUT2D eigenvalue weighted by molar-refractivity contribution is -0.142. The number of carbonyl (C=O) groups excluding carboxylic acids is 5. The Hall–Kier alpha value is -2.02. The largest absolute Gasteiger partial charge is 0.480 e. The summed E-state index contributed by atoms with van der Waals surface area (Å²) in [5, 5.41) is 22.3. The summed E-state index contributed by atoms with van der Waals surface area (Å²) in [5.74, 6) is -3.95. The molecule has 13 nitrogen and oxygen atoms in total. The summed E-state index contributed by atoms with van der Waals surface area (Å²) in [4.78, 5) is 75.8. The molecule has 5 amide bonds. The monoisotopic (exact) mass is 785 g/mol. The summed E-state index contributed by atoms with van der Waals surface area (Å²) in [7, 11) is -3.84. The van der Waals surface area contributed by atoms with Gasteiger partial charge < -0.3 is 37.4 Å². The number of carbonyl (C=O) groups is 6. The third-order valence-corrected chi connectivity index (χ3v) is 22.5. The van der Waals surface area contributed by atoms with Gasteiger partial charge in [-0.2, -0.15) is 0 Å². The van der Waals surface area contributed by atoms with Gasteiger partial charge in [-0.3, -0.25) is 24.0 Å². The van der Waals surface area contributed by atoms with Crippen LogP contribution in [0.2, 0.25) is 0 Å². The Morgan fingerprint density at radius 1 is 0.688 bits per heavy atom. The maximum atomic E-state index is 13.3. The molecule has 0 aliphatic rings. The molecule has 0 fully saturated rings. The summed E-state index contributed by atoms with van der Waals surface area (Å²) < 4.78 is -0.241. The Balaban J connectivity index is 5.29. The first-order valence-corrected chi connectivity index (χ1v) is 26.2. The normalized spacial score (nSPS) is 15.6. The van der Waals surface area contributed by atoms with E-state index in [1.165, 1.54) is 11.8 Å². The van der Waals surface area contributed by atoms with Gasteiger partial charge >= 0.3 is 9.94 Å². The van der Waals surface area contributed by atoms with Gasteiger partial charge in [-0.05, 0) is 25.8 Å². The molecule has 0 bridgehead atoms. The first-order chi connectivity index (χ1) is 22.3. The quantitative estimate of drug-likeness (QED) is 0.0549. The average Bonchev–Trinajstić information content (AvgIpc) is 2.96. The average molecular weight is 786 g/mol. The lowest BCUT2D eigenvalue weighted by atomic mass is 10.1. The smallest absolute Gasteiger partial charge is 0.444 e. The Morgan fingerprint density at radius 3 is 1.56 bits per heavy atom. The van der Waals surface area contributed by atoms with Crippen LogP contribution in [0.25, 0.3) is 0 Å². The Morgan fingerprint density at radius 2 is 1.12 bits per heavy atom. The third-order valence-electron chi connectivity index (χ3n) is 6.62. The molecule has 19 heteroatoms. The van der Waals surface area contributed by atoms with Crippen LogP contribution in [0.1, 0.15) is 19.3 Å². The van der Waals surface area contributed by atoms with E-state index in [4.69, 9.17) is 5.73 Å². The maximum Gasteiger partial charge on any atom is 0.444 e. The zero-order chi connectivity index (χ0) is 37.2. The lowest BCUT2D eigenvalue weighted by Gasteiger charge is -2.22. The first kappa shape index (κ1) is 46.0. The molecule has 0 aliphatic heterocycles. The number of amides is 5. The molecule has 0 rings (SSSR count). The van der Waals surface area contributed by atoms with Crippen molar-refractivity contribution in [1.82, 2.24) is 26.6 Å². The number of nitrogens with two attached hydrogens (primary N) is 1. The molecule has 8 N–H and O–H groups in total. The Labute approximate surface area is 294 Å². The summed E-state index contributed by atoms with van der Waals surface area (Å²) >= 11 is 1.49. The van der Waals surface area contributed by atoms with Crippen LogP contribution < -0.4 is 32.3 Å². The second-order valence-corrected chi connectivity index (χ2v) is 25.0. The van der Waals surface area contributed by atoms with E-state index in [2.05, 4.69) is 78.1 Å². The Bertz CT molecular complexity index is 1260. The predicted octanol–water partition coefficient (Wildman–Crippen LogP) is 0.950. The van der Waals surface area contributed by atoms with Crippen molar-refractivity contribution in [3.05, 3.63) is 0 Å². The number of nitrogens with one attached hydrogen (secondary N) is 5. The molecule has 0 heterocycles. The molecule has 0 aromatic carbocycles. The van der Waals surface area contributed by atoms with Gasteiger partial charge in [-0.15, -0.1) is 0 Å². The van der Waals surface area contributed by atoms with Crippen LogP contribution in [-0.4, -0.2) is 165 Å². The Kier molecular flexibility index (Phi) is 22.4. The van der Waals surface area contributed by atoms with Gasteiger partial charge in [0, 0.05) is 11.8 Å². The van der Waals surface area contributed by atoms with E-state index in [0.717, 1.165) is 0 Å². The zero-order valence-corrected chi connectivity index (χ0v) is 34.0. The predicted molar refractivity (Wildman–Crippen MR) is 217 cm³/mol. The van der Waals surface area contributed by atoms with Crippen molar-refractivity contribution >= 4 is 116 Å². The van der Waals surface area contributed by atoms with Crippen molar-refractivity contribution in [2.24, 2.45) is 5.73 Å². The van der Waals surface area contributed by atoms with Gasteiger partial charge in [0.25, 0.3) is 0 Å². The molecule has 48 heavy (non-hydrogen) atoms. The minimum Gasteiger partial charge on any atom is -0.480 e. The molecule has 0 aliphatic carbocycles.